The highest BCUT2D eigenvalue weighted by atomic mass is 19.3. The van der Waals surface area contributed by atoms with Gasteiger partial charge in [-0.15, -0.1) is 0 Å². The van der Waals surface area contributed by atoms with E-state index in [1.807, 2.05) is 30.3 Å². The lowest BCUT2D eigenvalue weighted by atomic mass is 9.85. The number of phenolic OH excluding ortho intramolecular Hbond substituents is 1. The molecule has 1 saturated heterocycles. The minimum Gasteiger partial charge on any atom is -0.507 e. The van der Waals surface area contributed by atoms with E-state index < -0.39 is 11.9 Å². The molecular formula is C34H38F2N2O5. The first-order chi connectivity index (χ1) is 20.8. The number of pyridine rings is 1. The summed E-state index contributed by atoms with van der Waals surface area (Å²) >= 11 is 0. The van der Waals surface area contributed by atoms with Crippen molar-refractivity contribution in [3.05, 3.63) is 65.2 Å². The molecule has 2 aromatic heterocycles. The number of hydrogen-bond donors (Lipinski definition) is 1. The molecule has 2 fully saturated rings. The maximum absolute atomic E-state index is 13.6. The van der Waals surface area contributed by atoms with Crippen LogP contribution in [-0.4, -0.2) is 53.7 Å². The molecule has 1 aliphatic carbocycles. The summed E-state index contributed by atoms with van der Waals surface area (Å²) in [4.78, 5) is 19.7. The number of carbonyl (C=O) groups is 1. The molecule has 1 unspecified atom stereocenters. The number of aromatic nitrogens is 1. The zero-order valence-electron chi connectivity index (χ0n) is 24.7. The number of carbonyl (C=O) groups excluding carboxylic acids is 1. The monoisotopic (exact) mass is 592 g/mol. The topological polar surface area (TPSA) is 85.0 Å². The average Bonchev–Trinajstić information content (AvgIpc) is 3.37. The third-order valence-electron chi connectivity index (χ3n) is 9.17. The molecule has 1 saturated carbocycles. The van der Waals surface area contributed by atoms with Gasteiger partial charge in [-0.1, -0.05) is 6.42 Å². The second-order valence-electron chi connectivity index (χ2n) is 11.9. The predicted molar refractivity (Wildman–Crippen MR) is 160 cm³/mol. The van der Waals surface area contributed by atoms with Crippen molar-refractivity contribution in [2.24, 2.45) is 5.92 Å². The van der Waals surface area contributed by atoms with Crippen LogP contribution in [-0.2, 0) is 4.74 Å². The van der Waals surface area contributed by atoms with Crippen LogP contribution in [0.5, 0.6) is 11.5 Å². The van der Waals surface area contributed by atoms with Crippen LogP contribution < -0.4 is 4.74 Å². The number of phenols is 1. The number of rotatable bonds is 8. The number of methoxy groups -OCH3 is 1. The Morgan fingerprint density at radius 3 is 2.53 bits per heavy atom. The van der Waals surface area contributed by atoms with E-state index in [1.165, 1.54) is 7.11 Å². The second-order valence-corrected chi connectivity index (χ2v) is 11.9. The van der Waals surface area contributed by atoms with E-state index in [-0.39, 0.29) is 30.6 Å². The molecule has 2 aromatic carbocycles. The molecule has 0 bridgehead atoms. The van der Waals surface area contributed by atoms with Gasteiger partial charge < -0.3 is 19.0 Å². The van der Waals surface area contributed by atoms with Crippen molar-refractivity contribution in [2.75, 3.05) is 26.8 Å². The minimum absolute atomic E-state index is 0.0640. The van der Waals surface area contributed by atoms with Gasteiger partial charge in [-0.2, -0.15) is 0 Å². The summed E-state index contributed by atoms with van der Waals surface area (Å²) in [6.07, 6.45) is 8.28. The molecule has 228 valence electrons. The van der Waals surface area contributed by atoms with E-state index in [0.717, 1.165) is 37.9 Å². The van der Waals surface area contributed by atoms with E-state index in [9.17, 15) is 18.7 Å². The summed E-state index contributed by atoms with van der Waals surface area (Å²) < 4.78 is 44.7. The molecule has 3 heterocycles. The number of piperidine rings is 1. The smallest absolute Gasteiger partial charge is 0.342 e. The number of ether oxygens (including phenoxy) is 2. The van der Waals surface area contributed by atoms with Crippen LogP contribution in [0.2, 0.25) is 0 Å². The summed E-state index contributed by atoms with van der Waals surface area (Å²) in [5, 5.41) is 13.8. The largest absolute Gasteiger partial charge is 0.507 e. The zero-order chi connectivity index (χ0) is 30.1. The minimum atomic E-state index is -2.55. The molecule has 0 radical (unpaired) electrons. The molecule has 43 heavy (non-hydrogen) atoms. The Bertz CT molecular complexity index is 1600. The molecular weight excluding hydrogens is 554 g/mol. The summed E-state index contributed by atoms with van der Waals surface area (Å²) in [5.41, 5.74) is 2.34. The van der Waals surface area contributed by atoms with Crippen LogP contribution in [0.4, 0.5) is 8.78 Å². The van der Waals surface area contributed by atoms with Gasteiger partial charge in [0.25, 0.3) is 0 Å². The average molecular weight is 593 g/mol. The molecule has 7 nitrogen and oxygen atoms in total. The van der Waals surface area contributed by atoms with Gasteiger partial charge in [0.05, 0.1) is 19.8 Å². The molecule has 1 N–H and O–H groups in total. The van der Waals surface area contributed by atoms with E-state index in [4.69, 9.17) is 13.9 Å². The van der Waals surface area contributed by atoms with E-state index in [0.29, 0.717) is 70.2 Å². The van der Waals surface area contributed by atoms with Crippen LogP contribution in [0.15, 0.2) is 47.1 Å². The Balaban J connectivity index is 1.45. The van der Waals surface area contributed by atoms with Gasteiger partial charge in [-0.3, -0.25) is 9.88 Å². The normalized spacial score (nSPS) is 18.6. The number of aryl methyl sites for hydroxylation is 1. The molecule has 1 aliphatic heterocycles. The Labute approximate surface area is 249 Å². The van der Waals surface area contributed by atoms with Crippen molar-refractivity contribution in [3.8, 4) is 11.5 Å². The van der Waals surface area contributed by atoms with E-state index in [2.05, 4.69) is 9.88 Å². The first-order valence-electron chi connectivity index (χ1n) is 15.2. The van der Waals surface area contributed by atoms with Crippen molar-refractivity contribution in [2.45, 2.75) is 70.3 Å². The lowest BCUT2D eigenvalue weighted by molar-refractivity contribution is -0.0475. The Morgan fingerprint density at radius 1 is 1.12 bits per heavy atom. The van der Waals surface area contributed by atoms with Crippen molar-refractivity contribution in [3.63, 3.8) is 0 Å². The molecule has 4 aromatic rings. The van der Waals surface area contributed by atoms with Crippen LogP contribution in [0.1, 0.15) is 84.7 Å². The molecule has 6 rings (SSSR count). The third-order valence-corrected chi connectivity index (χ3v) is 9.17. The van der Waals surface area contributed by atoms with Crippen LogP contribution >= 0.6 is 0 Å². The summed E-state index contributed by atoms with van der Waals surface area (Å²) in [6, 6.07) is 9.01. The highest BCUT2D eigenvalue weighted by Crippen LogP contribution is 2.48. The predicted octanol–water partition coefficient (Wildman–Crippen LogP) is 7.95. The van der Waals surface area contributed by atoms with Gasteiger partial charge in [-0.05, 0) is 93.9 Å². The van der Waals surface area contributed by atoms with Crippen molar-refractivity contribution in [1.29, 1.82) is 0 Å². The van der Waals surface area contributed by atoms with E-state index >= 15 is 0 Å². The number of aromatic hydroxyl groups is 1. The number of benzene rings is 2. The van der Waals surface area contributed by atoms with Crippen LogP contribution in [0, 0.1) is 12.8 Å². The fraction of sp³-hybridized carbons (Fsp3) is 0.471. The molecule has 0 amide bonds. The SMILES string of the molecule is COC(=O)c1c(C)oc2c1c(C(c1ccncc1)N1CCCCC1)c(O)c1ccc(OCCC3CCC(F)(F)CC3)cc12. The number of furan rings is 1. The summed E-state index contributed by atoms with van der Waals surface area (Å²) in [5.74, 6) is -1.80. The number of hydrogen-bond acceptors (Lipinski definition) is 7. The van der Waals surface area contributed by atoms with Crippen LogP contribution in [0.3, 0.4) is 0 Å². The van der Waals surface area contributed by atoms with Gasteiger partial charge in [0.15, 0.2) is 0 Å². The quantitative estimate of drug-likeness (QED) is 0.208. The lowest BCUT2D eigenvalue weighted by Crippen LogP contribution is -2.34. The fourth-order valence-electron chi connectivity index (χ4n) is 6.89. The summed E-state index contributed by atoms with van der Waals surface area (Å²) in [6.45, 7) is 3.83. The third kappa shape index (κ3) is 5.79. The van der Waals surface area contributed by atoms with Crippen molar-refractivity contribution >= 4 is 27.7 Å². The number of halogens is 2. The number of esters is 1. The number of nitrogens with zero attached hydrogens (tertiary/aromatic N) is 2. The van der Waals surface area contributed by atoms with E-state index in [1.54, 1.807) is 19.3 Å². The molecule has 2 aliphatic rings. The number of likely N-dealkylation sites (tertiary alicyclic amines) is 1. The number of alkyl halides is 2. The van der Waals surface area contributed by atoms with Crippen molar-refractivity contribution < 1.29 is 32.6 Å². The summed E-state index contributed by atoms with van der Waals surface area (Å²) in [7, 11) is 1.34. The maximum atomic E-state index is 13.6. The lowest BCUT2D eigenvalue weighted by Gasteiger charge is -2.36. The zero-order valence-corrected chi connectivity index (χ0v) is 24.7. The highest BCUT2D eigenvalue weighted by Gasteiger charge is 2.36. The standard InChI is InChI=1S/C34H38F2N2O5/c1-21-27(33(40)41-2)28-29(30(23-10-15-37-16-11-23)38-17-4-3-5-18-38)31(39)25-7-6-24(20-26(25)32(28)43-21)42-19-12-22-8-13-34(35,36)14-9-22/h6-7,10-11,15-16,20,22,30,39H,3-5,8-9,12-14,17-19H2,1-2H3. The maximum Gasteiger partial charge on any atom is 0.342 e. The van der Waals surface area contributed by atoms with Gasteiger partial charge in [0, 0.05) is 47.0 Å². The Hall–Kier alpha value is -3.72. The fourth-order valence-corrected chi connectivity index (χ4v) is 6.89. The first-order valence-corrected chi connectivity index (χ1v) is 15.2. The van der Waals surface area contributed by atoms with Gasteiger partial charge in [0.1, 0.15) is 28.4 Å². The van der Waals surface area contributed by atoms with Gasteiger partial charge in [0.2, 0.25) is 5.92 Å². The highest BCUT2D eigenvalue weighted by molar-refractivity contribution is 6.17. The first kappa shape index (κ1) is 29.4. The Kier molecular flexibility index (Phi) is 8.27. The molecule has 0 spiro atoms. The van der Waals surface area contributed by atoms with Crippen molar-refractivity contribution in [1.82, 2.24) is 9.88 Å². The second kappa shape index (κ2) is 12.1. The van der Waals surface area contributed by atoms with Gasteiger partial charge >= 0.3 is 5.97 Å². The van der Waals surface area contributed by atoms with Gasteiger partial charge in [-0.25, -0.2) is 13.6 Å². The number of fused-ring (bicyclic) bond motifs is 3. The van der Waals surface area contributed by atoms with Crippen LogP contribution in [0.25, 0.3) is 21.7 Å². The molecule has 1 atom stereocenters. The molecule has 9 heteroatoms. The Morgan fingerprint density at radius 2 is 1.84 bits per heavy atom.